The third-order valence-corrected chi connectivity index (χ3v) is 4.70. The largest absolute Gasteiger partial charge is 0.444 e. The average molecular weight is 444 g/mol. The number of ether oxygens (including phenoxy) is 1. The Morgan fingerprint density at radius 1 is 1.42 bits per heavy atom. The topological polar surface area (TPSA) is 108 Å². The number of nitrogen functional groups attached to an aromatic ring is 1. The van der Waals surface area contributed by atoms with Crippen LogP contribution in [0, 0.1) is 3.70 Å². The molecule has 0 spiro atoms. The maximum Gasteiger partial charge on any atom is 0.407 e. The molecule has 1 amide bonds. The third kappa shape index (κ3) is 3.55. The van der Waals surface area contributed by atoms with Crippen LogP contribution in [0.1, 0.15) is 46.1 Å². The summed E-state index contributed by atoms with van der Waals surface area (Å²) in [6.45, 7) is 5.56. The number of carbonyl (C=O) groups is 1. The highest BCUT2D eigenvalue weighted by molar-refractivity contribution is 14.1. The predicted octanol–water partition coefficient (Wildman–Crippen LogP) is 2.63. The smallest absolute Gasteiger partial charge is 0.407 e. The van der Waals surface area contributed by atoms with Crippen LogP contribution in [0.3, 0.4) is 0 Å². The van der Waals surface area contributed by atoms with Gasteiger partial charge in [0.25, 0.3) is 0 Å². The van der Waals surface area contributed by atoms with Gasteiger partial charge in [0.1, 0.15) is 21.4 Å². The number of nitrogens with zero attached hydrogens (tertiary/aromatic N) is 4. The minimum Gasteiger partial charge on any atom is -0.444 e. The number of fused-ring (bicyclic) bond motifs is 1. The van der Waals surface area contributed by atoms with Crippen molar-refractivity contribution >= 4 is 45.5 Å². The van der Waals surface area contributed by atoms with E-state index in [0.717, 1.165) is 34.0 Å². The van der Waals surface area contributed by atoms with Crippen molar-refractivity contribution in [2.75, 3.05) is 5.73 Å². The number of nitrogens with one attached hydrogen (secondary N) is 1. The molecule has 1 aliphatic carbocycles. The maximum atomic E-state index is 11.9. The molecule has 2 aromatic rings. The Morgan fingerprint density at radius 2 is 2.17 bits per heavy atom. The zero-order chi connectivity index (χ0) is 17.5. The number of aromatic nitrogens is 4. The molecule has 24 heavy (non-hydrogen) atoms. The molecule has 0 saturated heterocycles. The van der Waals surface area contributed by atoms with E-state index in [1.54, 1.807) is 0 Å². The van der Waals surface area contributed by atoms with Gasteiger partial charge >= 0.3 is 6.09 Å². The van der Waals surface area contributed by atoms with Crippen LogP contribution in [-0.4, -0.2) is 37.5 Å². The summed E-state index contributed by atoms with van der Waals surface area (Å²) >= 11 is 2.15. The molecule has 0 radical (unpaired) electrons. The van der Waals surface area contributed by atoms with Crippen molar-refractivity contribution < 1.29 is 9.53 Å². The number of rotatable bonds is 2. The van der Waals surface area contributed by atoms with Gasteiger partial charge in [-0.05, 0) is 62.6 Å². The van der Waals surface area contributed by atoms with Gasteiger partial charge in [-0.15, -0.1) is 0 Å². The van der Waals surface area contributed by atoms with Gasteiger partial charge in [-0.2, -0.15) is 5.10 Å². The SMILES string of the molecule is CC(C)(C)OC(=O)NC1CC[C@H](n2nc(I)c3c(N)ncnc32)C1. The summed E-state index contributed by atoms with van der Waals surface area (Å²) in [5.41, 5.74) is 6.19. The molecular formula is C15H21IN6O2. The second-order valence-corrected chi connectivity index (χ2v) is 8.02. The Labute approximate surface area is 153 Å². The molecule has 130 valence electrons. The van der Waals surface area contributed by atoms with Crippen LogP contribution in [-0.2, 0) is 4.74 Å². The van der Waals surface area contributed by atoms with Crippen molar-refractivity contribution in [1.82, 2.24) is 25.1 Å². The molecule has 2 aromatic heterocycles. The van der Waals surface area contributed by atoms with Crippen molar-refractivity contribution in [2.24, 2.45) is 0 Å². The van der Waals surface area contributed by atoms with Gasteiger partial charge < -0.3 is 15.8 Å². The van der Waals surface area contributed by atoms with E-state index in [0.29, 0.717) is 5.82 Å². The number of anilines is 1. The van der Waals surface area contributed by atoms with Gasteiger partial charge in [0.15, 0.2) is 5.65 Å². The van der Waals surface area contributed by atoms with E-state index in [9.17, 15) is 4.79 Å². The van der Waals surface area contributed by atoms with Crippen LogP contribution in [0.25, 0.3) is 11.0 Å². The minimum absolute atomic E-state index is 0.0703. The molecular weight excluding hydrogens is 423 g/mol. The van der Waals surface area contributed by atoms with Crippen molar-refractivity contribution in [3.8, 4) is 0 Å². The molecule has 2 atom stereocenters. The quantitative estimate of drug-likeness (QED) is 0.690. The second-order valence-electron chi connectivity index (χ2n) is 7.00. The summed E-state index contributed by atoms with van der Waals surface area (Å²) in [6, 6.07) is 0.242. The van der Waals surface area contributed by atoms with E-state index < -0.39 is 5.60 Å². The lowest BCUT2D eigenvalue weighted by Crippen LogP contribution is -2.38. The van der Waals surface area contributed by atoms with Gasteiger partial charge in [-0.3, -0.25) is 0 Å². The van der Waals surface area contributed by atoms with E-state index in [1.165, 1.54) is 6.33 Å². The fourth-order valence-electron chi connectivity index (χ4n) is 2.99. The Morgan fingerprint density at radius 3 is 2.88 bits per heavy atom. The molecule has 3 rings (SSSR count). The maximum absolute atomic E-state index is 11.9. The summed E-state index contributed by atoms with van der Waals surface area (Å²) in [5.74, 6) is 0.442. The van der Waals surface area contributed by atoms with Gasteiger partial charge in [0.05, 0.1) is 11.4 Å². The lowest BCUT2D eigenvalue weighted by atomic mass is 10.2. The minimum atomic E-state index is -0.495. The Bertz CT molecular complexity index is 769. The number of amides is 1. The summed E-state index contributed by atoms with van der Waals surface area (Å²) < 4.78 is 8.02. The fourth-order valence-corrected chi connectivity index (χ4v) is 3.74. The molecule has 0 aliphatic heterocycles. The molecule has 2 heterocycles. The number of halogens is 1. The first kappa shape index (κ1) is 17.2. The highest BCUT2D eigenvalue weighted by Gasteiger charge is 2.31. The van der Waals surface area contributed by atoms with Gasteiger partial charge in [0, 0.05) is 6.04 Å². The summed E-state index contributed by atoms with van der Waals surface area (Å²) in [5, 5.41) is 8.32. The van der Waals surface area contributed by atoms with Gasteiger partial charge in [0.2, 0.25) is 0 Å². The van der Waals surface area contributed by atoms with Crippen LogP contribution in [0.4, 0.5) is 10.6 Å². The number of carbonyl (C=O) groups excluding carboxylic acids is 1. The molecule has 1 saturated carbocycles. The average Bonchev–Trinajstić information content (AvgIpc) is 3.02. The summed E-state index contributed by atoms with van der Waals surface area (Å²) in [4.78, 5) is 20.3. The molecule has 8 nitrogen and oxygen atoms in total. The van der Waals surface area contributed by atoms with Gasteiger partial charge in [-0.25, -0.2) is 19.4 Å². The molecule has 1 fully saturated rings. The monoisotopic (exact) mass is 444 g/mol. The highest BCUT2D eigenvalue weighted by Crippen LogP contribution is 2.34. The number of hydrogen-bond donors (Lipinski definition) is 2. The third-order valence-electron chi connectivity index (χ3n) is 3.95. The first-order valence-electron chi connectivity index (χ1n) is 7.88. The zero-order valence-electron chi connectivity index (χ0n) is 13.9. The lowest BCUT2D eigenvalue weighted by Gasteiger charge is -2.21. The fraction of sp³-hybridized carbons (Fsp3) is 0.600. The Hall–Kier alpha value is -1.65. The van der Waals surface area contributed by atoms with E-state index >= 15 is 0 Å². The lowest BCUT2D eigenvalue weighted by molar-refractivity contribution is 0.0504. The van der Waals surface area contributed by atoms with Crippen LogP contribution in [0.2, 0.25) is 0 Å². The molecule has 1 unspecified atom stereocenters. The zero-order valence-corrected chi connectivity index (χ0v) is 16.1. The van der Waals surface area contributed by atoms with Crippen LogP contribution in [0.15, 0.2) is 6.33 Å². The molecule has 0 aromatic carbocycles. The first-order valence-corrected chi connectivity index (χ1v) is 8.96. The standard InChI is InChI=1S/C15H21IN6O2/c1-15(2,3)24-14(23)20-8-4-5-9(6-8)22-13-10(11(16)21-22)12(17)18-7-19-13/h7-9H,4-6H2,1-3H3,(H,20,23)(H2,17,18,19)/t8?,9-/m0/s1. The van der Waals surface area contributed by atoms with Crippen molar-refractivity contribution in [3.63, 3.8) is 0 Å². The normalized spacial score (nSPS) is 21.2. The number of nitrogens with two attached hydrogens (primary N) is 1. The van der Waals surface area contributed by atoms with E-state index in [1.807, 2.05) is 25.5 Å². The number of hydrogen-bond acceptors (Lipinski definition) is 6. The number of alkyl carbamates (subject to hydrolysis) is 1. The van der Waals surface area contributed by atoms with Crippen LogP contribution >= 0.6 is 22.6 Å². The summed E-state index contributed by atoms with van der Waals surface area (Å²) in [6.07, 6.45) is 3.66. The van der Waals surface area contributed by atoms with Crippen molar-refractivity contribution in [1.29, 1.82) is 0 Å². The molecule has 3 N–H and O–H groups in total. The highest BCUT2D eigenvalue weighted by atomic mass is 127. The van der Waals surface area contributed by atoms with Crippen molar-refractivity contribution in [2.45, 2.75) is 57.7 Å². The predicted molar refractivity (Wildman–Crippen MR) is 98.5 cm³/mol. The second kappa shape index (κ2) is 6.34. The van der Waals surface area contributed by atoms with E-state index in [-0.39, 0.29) is 18.2 Å². The molecule has 9 heteroatoms. The van der Waals surface area contributed by atoms with E-state index in [2.05, 4.69) is 43.0 Å². The summed E-state index contributed by atoms with van der Waals surface area (Å²) in [7, 11) is 0. The van der Waals surface area contributed by atoms with Crippen LogP contribution < -0.4 is 11.1 Å². The van der Waals surface area contributed by atoms with E-state index in [4.69, 9.17) is 10.5 Å². The Kier molecular flexibility index (Phi) is 4.54. The Balaban J connectivity index is 1.73. The first-order chi connectivity index (χ1) is 11.2. The molecule has 0 bridgehead atoms. The van der Waals surface area contributed by atoms with Crippen molar-refractivity contribution in [3.05, 3.63) is 10.0 Å². The molecule has 1 aliphatic rings. The van der Waals surface area contributed by atoms with Gasteiger partial charge in [-0.1, -0.05) is 0 Å². The van der Waals surface area contributed by atoms with Crippen LogP contribution in [0.5, 0.6) is 0 Å².